The number of nitrogens with zero attached hydrogens (tertiary/aromatic N) is 1. The first-order chi connectivity index (χ1) is 12.5. The van der Waals surface area contributed by atoms with Crippen LogP contribution in [0.15, 0.2) is 17.2 Å². The number of hydrogen-bond donors (Lipinski definition) is 2. The number of halogens is 2. The van der Waals surface area contributed by atoms with Crippen molar-refractivity contribution in [3.05, 3.63) is 27.7 Å². The van der Waals surface area contributed by atoms with Gasteiger partial charge >= 0.3 is 11.8 Å². The fraction of sp³-hybridized carbons (Fsp3) is 0.353. The van der Waals surface area contributed by atoms with Gasteiger partial charge in [-0.05, 0) is 30.5 Å². The molecule has 1 atom stereocenters. The molecule has 0 bridgehead atoms. The van der Waals surface area contributed by atoms with Crippen LogP contribution in [0.5, 0.6) is 5.75 Å². The number of amides is 2. The Morgan fingerprint density at radius 3 is 2.73 bits per heavy atom. The maximum Gasteiger partial charge on any atom is 0.329 e. The smallest absolute Gasteiger partial charge is 0.329 e. The molecule has 1 fully saturated rings. The van der Waals surface area contributed by atoms with Gasteiger partial charge in [0.25, 0.3) is 0 Å². The van der Waals surface area contributed by atoms with E-state index in [-0.39, 0.29) is 28.5 Å². The summed E-state index contributed by atoms with van der Waals surface area (Å²) in [6.45, 7) is 0.999. The molecule has 2 N–H and O–H groups in total. The summed E-state index contributed by atoms with van der Waals surface area (Å²) in [7, 11) is 0. The lowest BCUT2D eigenvalue weighted by Gasteiger charge is -2.09. The van der Waals surface area contributed by atoms with Gasteiger partial charge in [-0.25, -0.2) is 5.43 Å². The second-order valence-electron chi connectivity index (χ2n) is 5.35. The average Bonchev–Trinajstić information content (AvgIpc) is 3.12. The third-order valence-corrected chi connectivity index (χ3v) is 3.98. The second-order valence-corrected chi connectivity index (χ2v) is 6.17. The van der Waals surface area contributed by atoms with Gasteiger partial charge in [0, 0.05) is 13.2 Å². The molecule has 26 heavy (non-hydrogen) atoms. The molecular formula is C17H17Cl2N3O4. The zero-order chi connectivity index (χ0) is 18.9. The Morgan fingerprint density at radius 2 is 2.12 bits per heavy atom. The van der Waals surface area contributed by atoms with E-state index in [2.05, 4.69) is 21.8 Å². The van der Waals surface area contributed by atoms with Crippen molar-refractivity contribution >= 4 is 41.2 Å². The summed E-state index contributed by atoms with van der Waals surface area (Å²) in [5, 5.41) is 6.69. The monoisotopic (exact) mass is 397 g/mol. The maximum absolute atomic E-state index is 11.7. The molecule has 2 amide bonds. The van der Waals surface area contributed by atoms with Crippen LogP contribution in [0.3, 0.4) is 0 Å². The normalized spacial score (nSPS) is 16.3. The van der Waals surface area contributed by atoms with Gasteiger partial charge < -0.3 is 14.8 Å². The minimum atomic E-state index is -0.884. The molecule has 0 aliphatic carbocycles. The van der Waals surface area contributed by atoms with Gasteiger partial charge in [0.1, 0.15) is 6.61 Å². The van der Waals surface area contributed by atoms with Crippen LogP contribution in [0, 0.1) is 12.3 Å². The lowest BCUT2D eigenvalue weighted by Crippen LogP contribution is -2.41. The Morgan fingerprint density at radius 1 is 1.38 bits per heavy atom. The molecular weight excluding hydrogens is 381 g/mol. The molecule has 2 rings (SSSR count). The molecule has 1 heterocycles. The Labute approximate surface area is 161 Å². The number of hydrogen-bond acceptors (Lipinski definition) is 5. The quantitative estimate of drug-likeness (QED) is 0.331. The SMILES string of the molecule is C#CCOc1c(Cl)cc(/C=N\NC(=O)C(=O)NC[C@H]2CCCO2)cc1Cl. The van der Waals surface area contributed by atoms with Gasteiger partial charge in [-0.15, -0.1) is 6.42 Å². The van der Waals surface area contributed by atoms with Crippen LogP contribution < -0.4 is 15.5 Å². The van der Waals surface area contributed by atoms with E-state index in [1.54, 1.807) is 0 Å². The van der Waals surface area contributed by atoms with Crippen LogP contribution in [0.2, 0.25) is 10.0 Å². The largest absolute Gasteiger partial charge is 0.478 e. The van der Waals surface area contributed by atoms with Crippen LogP contribution in [0.4, 0.5) is 0 Å². The Balaban J connectivity index is 1.85. The molecule has 0 saturated carbocycles. The number of carbonyl (C=O) groups excluding carboxylic acids is 2. The van der Waals surface area contributed by atoms with Crippen molar-refractivity contribution in [2.24, 2.45) is 5.10 Å². The number of nitrogens with one attached hydrogen (secondary N) is 2. The molecule has 7 nitrogen and oxygen atoms in total. The van der Waals surface area contributed by atoms with Crippen LogP contribution in [0.25, 0.3) is 0 Å². The molecule has 1 aromatic carbocycles. The van der Waals surface area contributed by atoms with Crippen molar-refractivity contribution in [1.82, 2.24) is 10.7 Å². The highest BCUT2D eigenvalue weighted by Gasteiger charge is 2.19. The minimum Gasteiger partial charge on any atom is -0.478 e. The third kappa shape index (κ3) is 5.92. The summed E-state index contributed by atoms with van der Waals surface area (Å²) < 4.78 is 10.6. The van der Waals surface area contributed by atoms with E-state index in [0.717, 1.165) is 12.8 Å². The van der Waals surface area contributed by atoms with Gasteiger partial charge in [0.05, 0.1) is 22.4 Å². The highest BCUT2D eigenvalue weighted by molar-refractivity contribution is 6.37. The summed E-state index contributed by atoms with van der Waals surface area (Å²) in [5.41, 5.74) is 2.64. The Hall–Kier alpha value is -2.27. The van der Waals surface area contributed by atoms with E-state index in [1.165, 1.54) is 18.3 Å². The van der Waals surface area contributed by atoms with Gasteiger partial charge in [0.15, 0.2) is 5.75 Å². The molecule has 1 aliphatic rings. The topological polar surface area (TPSA) is 89.0 Å². The number of ether oxygens (including phenoxy) is 2. The summed E-state index contributed by atoms with van der Waals surface area (Å²) in [4.78, 5) is 23.3. The molecule has 138 valence electrons. The van der Waals surface area contributed by atoms with Crippen LogP contribution in [0.1, 0.15) is 18.4 Å². The van der Waals surface area contributed by atoms with Gasteiger partial charge in [-0.2, -0.15) is 5.10 Å². The number of rotatable bonds is 6. The molecule has 0 spiro atoms. The van der Waals surface area contributed by atoms with E-state index in [0.29, 0.717) is 18.7 Å². The van der Waals surface area contributed by atoms with Crippen LogP contribution >= 0.6 is 23.2 Å². The molecule has 1 aromatic rings. The van der Waals surface area contributed by atoms with Crippen molar-refractivity contribution in [3.8, 4) is 18.1 Å². The average molecular weight is 398 g/mol. The van der Waals surface area contributed by atoms with E-state index in [9.17, 15) is 9.59 Å². The predicted octanol–water partition coefficient (Wildman–Crippen LogP) is 1.75. The van der Waals surface area contributed by atoms with Crippen LogP contribution in [-0.2, 0) is 14.3 Å². The molecule has 0 radical (unpaired) electrons. The first-order valence-corrected chi connectivity index (χ1v) is 8.55. The van der Waals surface area contributed by atoms with E-state index < -0.39 is 11.8 Å². The number of hydrazone groups is 1. The van der Waals surface area contributed by atoms with Crippen molar-refractivity contribution in [3.63, 3.8) is 0 Å². The summed E-state index contributed by atoms with van der Waals surface area (Å²) in [6, 6.07) is 3.07. The highest BCUT2D eigenvalue weighted by Crippen LogP contribution is 2.33. The molecule has 0 unspecified atom stereocenters. The van der Waals surface area contributed by atoms with Crippen LogP contribution in [-0.4, -0.2) is 43.9 Å². The van der Waals surface area contributed by atoms with E-state index >= 15 is 0 Å². The fourth-order valence-electron chi connectivity index (χ4n) is 2.21. The first-order valence-electron chi connectivity index (χ1n) is 7.79. The minimum absolute atomic E-state index is 0.0317. The fourth-order valence-corrected chi connectivity index (χ4v) is 2.83. The van der Waals surface area contributed by atoms with Crippen molar-refractivity contribution in [2.75, 3.05) is 19.8 Å². The number of carbonyl (C=O) groups is 2. The molecule has 9 heteroatoms. The highest BCUT2D eigenvalue weighted by atomic mass is 35.5. The van der Waals surface area contributed by atoms with Crippen molar-refractivity contribution < 1.29 is 19.1 Å². The van der Waals surface area contributed by atoms with Gasteiger partial charge in [-0.3, -0.25) is 9.59 Å². The Bertz CT molecular complexity index is 717. The Kier molecular flexibility index (Phi) is 7.73. The predicted molar refractivity (Wildman–Crippen MR) is 98.5 cm³/mol. The zero-order valence-electron chi connectivity index (χ0n) is 13.8. The third-order valence-electron chi connectivity index (χ3n) is 3.42. The zero-order valence-corrected chi connectivity index (χ0v) is 15.3. The lowest BCUT2D eigenvalue weighted by atomic mass is 10.2. The summed E-state index contributed by atoms with van der Waals surface area (Å²) >= 11 is 12.1. The van der Waals surface area contributed by atoms with Gasteiger partial charge in [0.2, 0.25) is 0 Å². The summed E-state index contributed by atoms with van der Waals surface area (Å²) in [5.74, 6) is 0.907. The van der Waals surface area contributed by atoms with Crippen molar-refractivity contribution in [1.29, 1.82) is 0 Å². The standard InChI is InChI=1S/C17H17Cl2N3O4/c1-2-5-26-15-13(18)7-11(8-14(15)19)9-21-22-17(24)16(23)20-10-12-4-3-6-25-12/h1,7-9,12H,3-6,10H2,(H,20,23)(H,22,24)/b21-9-/t12-/m1/s1. The number of benzene rings is 1. The lowest BCUT2D eigenvalue weighted by molar-refractivity contribution is -0.139. The maximum atomic E-state index is 11.7. The molecule has 0 aromatic heterocycles. The van der Waals surface area contributed by atoms with E-state index in [1.807, 2.05) is 0 Å². The number of terminal acetylenes is 1. The van der Waals surface area contributed by atoms with E-state index in [4.69, 9.17) is 39.1 Å². The summed E-state index contributed by atoms with van der Waals surface area (Å²) in [6.07, 6.45) is 8.19. The molecule has 1 saturated heterocycles. The van der Waals surface area contributed by atoms with Crippen molar-refractivity contribution in [2.45, 2.75) is 18.9 Å². The van der Waals surface area contributed by atoms with Gasteiger partial charge in [-0.1, -0.05) is 29.1 Å². The second kappa shape index (κ2) is 10.0. The first kappa shape index (κ1) is 20.0. The molecule has 1 aliphatic heterocycles.